The van der Waals surface area contributed by atoms with Gasteiger partial charge in [0.1, 0.15) is 12.4 Å². The molecule has 3 N–H and O–H groups in total. The van der Waals surface area contributed by atoms with Crippen molar-refractivity contribution in [2.24, 2.45) is 0 Å². The molecule has 6 nitrogen and oxygen atoms in total. The highest BCUT2D eigenvalue weighted by molar-refractivity contribution is 5.95. The Morgan fingerprint density at radius 2 is 2.19 bits per heavy atom. The van der Waals surface area contributed by atoms with Gasteiger partial charge in [-0.1, -0.05) is 0 Å². The zero-order valence-corrected chi connectivity index (χ0v) is 11.4. The van der Waals surface area contributed by atoms with Crippen LogP contribution in [-0.2, 0) is 9.47 Å². The highest BCUT2D eigenvalue weighted by Crippen LogP contribution is 2.16. The second kappa shape index (κ2) is 7.67. The Labute approximate surface area is 119 Å². The van der Waals surface area contributed by atoms with Crippen LogP contribution in [0.1, 0.15) is 17.3 Å². The van der Waals surface area contributed by atoms with Gasteiger partial charge in [-0.25, -0.2) is 9.78 Å². The molecule has 0 aliphatic heterocycles. The third kappa shape index (κ3) is 6.30. The maximum atomic E-state index is 11.8. The number of halogens is 3. The Balaban J connectivity index is 2.49. The highest BCUT2D eigenvalue weighted by Gasteiger charge is 2.27. The summed E-state index contributed by atoms with van der Waals surface area (Å²) < 4.78 is 44.8. The molecule has 0 aromatic carbocycles. The van der Waals surface area contributed by atoms with Crippen LogP contribution >= 0.6 is 0 Å². The number of nitrogens with one attached hydrogen (secondary N) is 1. The lowest BCUT2D eigenvalue weighted by Gasteiger charge is -2.10. The van der Waals surface area contributed by atoms with Gasteiger partial charge in [-0.15, -0.1) is 0 Å². The Kier molecular flexibility index (Phi) is 6.22. The van der Waals surface area contributed by atoms with Crippen LogP contribution in [0.2, 0.25) is 0 Å². The Morgan fingerprint density at radius 1 is 1.48 bits per heavy atom. The van der Waals surface area contributed by atoms with E-state index in [4.69, 9.17) is 10.5 Å². The molecule has 0 spiro atoms. The van der Waals surface area contributed by atoms with E-state index < -0.39 is 18.8 Å². The van der Waals surface area contributed by atoms with Gasteiger partial charge >= 0.3 is 12.1 Å². The van der Waals surface area contributed by atoms with Crippen LogP contribution in [0, 0.1) is 0 Å². The van der Waals surface area contributed by atoms with Gasteiger partial charge in [0.25, 0.3) is 0 Å². The molecule has 0 amide bonds. The standard InChI is InChI=1S/C12H16F3N3O3/c1-2-21-11(19)8-5-10(18-6-9(8)16)17-3-4-20-7-12(13,14)15/h5-6H,2-4,7,16H2,1H3,(H,17,18). The minimum atomic E-state index is -4.35. The number of esters is 1. The zero-order chi connectivity index (χ0) is 15.9. The molecule has 0 saturated carbocycles. The van der Waals surface area contributed by atoms with E-state index in [1.807, 2.05) is 0 Å². The Morgan fingerprint density at radius 3 is 2.81 bits per heavy atom. The first-order valence-electron chi connectivity index (χ1n) is 6.14. The lowest BCUT2D eigenvalue weighted by molar-refractivity contribution is -0.172. The number of aromatic nitrogens is 1. The molecule has 0 saturated heterocycles. The maximum Gasteiger partial charge on any atom is 0.411 e. The molecule has 0 radical (unpaired) electrons. The van der Waals surface area contributed by atoms with E-state index >= 15 is 0 Å². The van der Waals surface area contributed by atoms with Crippen molar-refractivity contribution in [2.75, 3.05) is 37.4 Å². The highest BCUT2D eigenvalue weighted by atomic mass is 19.4. The van der Waals surface area contributed by atoms with Crippen molar-refractivity contribution in [3.05, 3.63) is 17.8 Å². The molecule has 1 rings (SSSR count). The monoisotopic (exact) mass is 307 g/mol. The van der Waals surface area contributed by atoms with E-state index in [-0.39, 0.29) is 31.0 Å². The van der Waals surface area contributed by atoms with Crippen LogP contribution in [0.3, 0.4) is 0 Å². The normalized spacial score (nSPS) is 11.2. The molecular weight excluding hydrogens is 291 g/mol. The van der Waals surface area contributed by atoms with Crippen LogP contribution in [-0.4, -0.2) is 43.5 Å². The average molecular weight is 307 g/mol. The summed E-state index contributed by atoms with van der Waals surface area (Å²) in [7, 11) is 0. The van der Waals surface area contributed by atoms with Gasteiger partial charge in [0, 0.05) is 6.54 Å². The summed E-state index contributed by atoms with van der Waals surface area (Å²) >= 11 is 0. The van der Waals surface area contributed by atoms with E-state index in [0.717, 1.165) is 0 Å². The third-order valence-electron chi connectivity index (χ3n) is 2.25. The van der Waals surface area contributed by atoms with Gasteiger partial charge in [0.15, 0.2) is 0 Å². The number of hydrogen-bond donors (Lipinski definition) is 2. The number of nitrogens with zero attached hydrogens (tertiary/aromatic N) is 1. The van der Waals surface area contributed by atoms with Crippen LogP contribution in [0.5, 0.6) is 0 Å². The van der Waals surface area contributed by atoms with Gasteiger partial charge in [-0.2, -0.15) is 13.2 Å². The van der Waals surface area contributed by atoms with Crippen LogP contribution in [0.4, 0.5) is 24.7 Å². The number of ether oxygens (including phenoxy) is 2. The largest absolute Gasteiger partial charge is 0.462 e. The quantitative estimate of drug-likeness (QED) is 0.590. The molecule has 1 heterocycles. The Bertz CT molecular complexity index is 481. The SMILES string of the molecule is CCOC(=O)c1cc(NCCOCC(F)(F)F)ncc1N. The van der Waals surface area contributed by atoms with Crippen molar-refractivity contribution >= 4 is 17.5 Å². The van der Waals surface area contributed by atoms with Crippen molar-refractivity contribution in [1.29, 1.82) is 0 Å². The molecule has 1 aromatic heterocycles. The van der Waals surface area contributed by atoms with Gasteiger partial charge < -0.3 is 20.5 Å². The van der Waals surface area contributed by atoms with Gasteiger partial charge in [-0.3, -0.25) is 0 Å². The van der Waals surface area contributed by atoms with Crippen molar-refractivity contribution in [2.45, 2.75) is 13.1 Å². The first-order chi connectivity index (χ1) is 9.83. The van der Waals surface area contributed by atoms with Gasteiger partial charge in [0.2, 0.25) is 0 Å². The van der Waals surface area contributed by atoms with E-state index in [1.54, 1.807) is 6.92 Å². The van der Waals surface area contributed by atoms with Crippen LogP contribution in [0.25, 0.3) is 0 Å². The summed E-state index contributed by atoms with van der Waals surface area (Å²) in [6, 6.07) is 1.37. The molecule has 1 aromatic rings. The number of anilines is 2. The molecule has 0 aliphatic rings. The molecule has 0 bridgehead atoms. The fourth-order valence-electron chi connectivity index (χ4n) is 1.39. The third-order valence-corrected chi connectivity index (χ3v) is 2.25. The van der Waals surface area contributed by atoms with Gasteiger partial charge in [0.05, 0.1) is 30.7 Å². The number of rotatable bonds is 7. The predicted molar refractivity (Wildman–Crippen MR) is 70.0 cm³/mol. The number of alkyl halides is 3. The minimum Gasteiger partial charge on any atom is -0.462 e. The van der Waals surface area contributed by atoms with Crippen LogP contribution in [0.15, 0.2) is 12.3 Å². The first-order valence-corrected chi connectivity index (χ1v) is 6.14. The fraction of sp³-hybridized carbons (Fsp3) is 0.500. The van der Waals surface area contributed by atoms with E-state index in [2.05, 4.69) is 15.0 Å². The molecule has 0 unspecified atom stereocenters. The second-order valence-electron chi connectivity index (χ2n) is 3.97. The zero-order valence-electron chi connectivity index (χ0n) is 11.4. The summed E-state index contributed by atoms with van der Waals surface area (Å²) in [5.41, 5.74) is 5.91. The van der Waals surface area contributed by atoms with Gasteiger partial charge in [-0.05, 0) is 13.0 Å². The molecule has 0 fully saturated rings. The lowest BCUT2D eigenvalue weighted by atomic mass is 10.2. The first kappa shape index (κ1) is 17.0. The second-order valence-corrected chi connectivity index (χ2v) is 3.97. The number of pyridine rings is 1. The molecule has 21 heavy (non-hydrogen) atoms. The summed E-state index contributed by atoms with van der Waals surface area (Å²) in [5.74, 6) is -0.295. The molecule has 9 heteroatoms. The lowest BCUT2D eigenvalue weighted by Crippen LogP contribution is -2.20. The Hall–Kier alpha value is -2.03. The summed E-state index contributed by atoms with van der Waals surface area (Å²) in [4.78, 5) is 15.5. The maximum absolute atomic E-state index is 11.8. The van der Waals surface area contributed by atoms with Crippen molar-refractivity contribution in [1.82, 2.24) is 4.98 Å². The van der Waals surface area contributed by atoms with Crippen LogP contribution < -0.4 is 11.1 Å². The van der Waals surface area contributed by atoms with Crippen molar-refractivity contribution in [3.63, 3.8) is 0 Å². The number of carbonyl (C=O) groups is 1. The number of nitrogens with two attached hydrogens (primary N) is 1. The van der Waals surface area contributed by atoms with E-state index in [9.17, 15) is 18.0 Å². The van der Waals surface area contributed by atoms with E-state index in [0.29, 0.717) is 5.82 Å². The summed E-state index contributed by atoms with van der Waals surface area (Å²) in [6.45, 7) is 0.508. The average Bonchev–Trinajstić information content (AvgIpc) is 2.39. The summed E-state index contributed by atoms with van der Waals surface area (Å²) in [6.07, 6.45) is -3.08. The molecule has 0 atom stereocenters. The smallest absolute Gasteiger partial charge is 0.411 e. The number of carbonyl (C=O) groups excluding carboxylic acids is 1. The predicted octanol–water partition coefficient (Wildman–Crippen LogP) is 1.83. The minimum absolute atomic E-state index is 0.106. The number of nitrogen functional groups attached to an aromatic ring is 1. The molecular formula is C12H16F3N3O3. The molecule has 0 aliphatic carbocycles. The topological polar surface area (TPSA) is 86.5 Å². The fourth-order valence-corrected chi connectivity index (χ4v) is 1.39. The number of hydrogen-bond acceptors (Lipinski definition) is 6. The van der Waals surface area contributed by atoms with Crippen molar-refractivity contribution < 1.29 is 27.4 Å². The summed E-state index contributed by atoms with van der Waals surface area (Å²) in [5, 5.41) is 2.73. The molecule has 118 valence electrons. The van der Waals surface area contributed by atoms with Crippen molar-refractivity contribution in [3.8, 4) is 0 Å². The van der Waals surface area contributed by atoms with E-state index in [1.165, 1.54) is 12.3 Å².